The van der Waals surface area contributed by atoms with E-state index in [2.05, 4.69) is 74.6 Å². The van der Waals surface area contributed by atoms with Gasteiger partial charge in [0.05, 0.1) is 6.04 Å². The van der Waals surface area contributed by atoms with Crippen LogP contribution in [0.5, 0.6) is 0 Å². The van der Waals surface area contributed by atoms with Gasteiger partial charge in [-0.3, -0.25) is 0 Å². The molecule has 1 atom stereocenters. The maximum absolute atomic E-state index is 3.69. The van der Waals surface area contributed by atoms with Gasteiger partial charge >= 0.3 is 0 Å². The van der Waals surface area contributed by atoms with Crippen molar-refractivity contribution in [1.29, 1.82) is 0 Å². The van der Waals surface area contributed by atoms with E-state index in [9.17, 15) is 0 Å². The molecule has 21 heavy (non-hydrogen) atoms. The van der Waals surface area contributed by atoms with Gasteiger partial charge in [-0.15, -0.1) is 11.3 Å². The predicted molar refractivity (Wildman–Crippen MR) is 94.4 cm³/mol. The van der Waals surface area contributed by atoms with Crippen molar-refractivity contribution >= 4 is 27.1 Å². The summed E-state index contributed by atoms with van der Waals surface area (Å²) in [6, 6.07) is 17.6. The SMILES string of the molecule is CCc1ccccc1NC(C)c1sc2ccccc2c1C. The molecule has 108 valence electrons. The molecule has 0 fully saturated rings. The number of hydrogen-bond donors (Lipinski definition) is 1. The van der Waals surface area contributed by atoms with Gasteiger partial charge in [0.2, 0.25) is 0 Å². The van der Waals surface area contributed by atoms with E-state index in [-0.39, 0.29) is 0 Å². The van der Waals surface area contributed by atoms with Crippen molar-refractivity contribution in [2.45, 2.75) is 33.2 Å². The van der Waals surface area contributed by atoms with Crippen LogP contribution in [0.15, 0.2) is 48.5 Å². The molecular formula is C19H21NS. The standard InChI is InChI=1S/C19H21NS/c1-4-15-9-5-7-11-17(15)20-14(3)19-13(2)16-10-6-8-12-18(16)21-19/h5-12,14,20H,4H2,1-3H3. The Morgan fingerprint density at radius 1 is 1.05 bits per heavy atom. The minimum Gasteiger partial charge on any atom is -0.377 e. The average molecular weight is 295 g/mol. The molecule has 0 saturated heterocycles. The van der Waals surface area contributed by atoms with Gasteiger partial charge in [-0.1, -0.05) is 43.3 Å². The van der Waals surface area contributed by atoms with E-state index in [1.807, 2.05) is 11.3 Å². The number of hydrogen-bond acceptors (Lipinski definition) is 2. The van der Waals surface area contributed by atoms with Gasteiger partial charge in [0, 0.05) is 15.3 Å². The second-order valence-electron chi connectivity index (χ2n) is 5.46. The smallest absolute Gasteiger partial charge is 0.0581 e. The van der Waals surface area contributed by atoms with Crippen LogP contribution in [0.3, 0.4) is 0 Å². The molecule has 0 radical (unpaired) electrons. The van der Waals surface area contributed by atoms with Gasteiger partial charge in [-0.25, -0.2) is 0 Å². The van der Waals surface area contributed by atoms with E-state index < -0.39 is 0 Å². The zero-order valence-electron chi connectivity index (χ0n) is 12.8. The highest BCUT2D eigenvalue weighted by Crippen LogP contribution is 2.36. The molecule has 0 spiro atoms. The number of rotatable bonds is 4. The van der Waals surface area contributed by atoms with Crippen LogP contribution in [0, 0.1) is 6.92 Å². The lowest BCUT2D eigenvalue weighted by atomic mass is 10.1. The molecule has 2 heteroatoms. The fraction of sp³-hybridized carbons (Fsp3) is 0.263. The Morgan fingerprint density at radius 2 is 1.76 bits per heavy atom. The second-order valence-corrected chi connectivity index (χ2v) is 6.55. The number of anilines is 1. The number of fused-ring (bicyclic) bond motifs is 1. The first kappa shape index (κ1) is 14.2. The van der Waals surface area contributed by atoms with Crippen LogP contribution in [0.25, 0.3) is 10.1 Å². The van der Waals surface area contributed by atoms with Gasteiger partial charge < -0.3 is 5.32 Å². The number of aryl methyl sites for hydroxylation is 2. The lowest BCUT2D eigenvalue weighted by Crippen LogP contribution is -2.07. The van der Waals surface area contributed by atoms with Crippen molar-refractivity contribution < 1.29 is 0 Å². The van der Waals surface area contributed by atoms with E-state index in [0.717, 1.165) is 6.42 Å². The molecular weight excluding hydrogens is 274 g/mol. The third-order valence-electron chi connectivity index (χ3n) is 4.04. The number of nitrogens with one attached hydrogen (secondary N) is 1. The number of para-hydroxylation sites is 1. The summed E-state index contributed by atoms with van der Waals surface area (Å²) in [6.45, 7) is 6.69. The van der Waals surface area contributed by atoms with Crippen LogP contribution in [-0.2, 0) is 6.42 Å². The Labute approximate surface area is 130 Å². The molecule has 1 aromatic heterocycles. The van der Waals surface area contributed by atoms with E-state index in [4.69, 9.17) is 0 Å². The van der Waals surface area contributed by atoms with Crippen LogP contribution < -0.4 is 5.32 Å². The van der Waals surface area contributed by atoms with Gasteiger partial charge in [-0.05, 0) is 48.9 Å². The minimum atomic E-state index is 0.329. The number of thiophene rings is 1. The molecule has 2 aromatic carbocycles. The van der Waals surface area contributed by atoms with Crippen molar-refractivity contribution in [1.82, 2.24) is 0 Å². The molecule has 3 rings (SSSR count). The summed E-state index contributed by atoms with van der Waals surface area (Å²) in [7, 11) is 0. The van der Waals surface area contributed by atoms with Crippen molar-refractivity contribution in [3.63, 3.8) is 0 Å². The highest BCUT2D eigenvalue weighted by Gasteiger charge is 2.14. The zero-order valence-corrected chi connectivity index (χ0v) is 13.6. The summed E-state index contributed by atoms with van der Waals surface area (Å²) >= 11 is 1.90. The molecule has 0 saturated carbocycles. The lowest BCUT2D eigenvalue weighted by molar-refractivity contribution is 0.894. The van der Waals surface area contributed by atoms with Crippen LogP contribution in [0.4, 0.5) is 5.69 Å². The fourth-order valence-corrected chi connectivity index (χ4v) is 4.09. The Bertz CT molecular complexity index is 757. The highest BCUT2D eigenvalue weighted by atomic mass is 32.1. The minimum absolute atomic E-state index is 0.329. The van der Waals surface area contributed by atoms with Gasteiger partial charge in [0.25, 0.3) is 0 Å². The largest absolute Gasteiger partial charge is 0.377 e. The first-order chi connectivity index (χ1) is 10.2. The summed E-state index contributed by atoms with van der Waals surface area (Å²) < 4.78 is 1.38. The van der Waals surface area contributed by atoms with E-state index in [1.54, 1.807) is 0 Å². The van der Waals surface area contributed by atoms with Crippen molar-refractivity contribution in [2.75, 3.05) is 5.32 Å². The topological polar surface area (TPSA) is 12.0 Å². The molecule has 0 aliphatic rings. The third-order valence-corrected chi connectivity index (χ3v) is 5.50. The molecule has 0 amide bonds. The summed E-state index contributed by atoms with van der Waals surface area (Å²) in [5.74, 6) is 0. The normalized spacial score (nSPS) is 12.5. The fourth-order valence-electron chi connectivity index (χ4n) is 2.87. The molecule has 1 N–H and O–H groups in total. The second kappa shape index (κ2) is 5.90. The van der Waals surface area contributed by atoms with E-state index >= 15 is 0 Å². The summed E-state index contributed by atoms with van der Waals surface area (Å²) in [5.41, 5.74) is 4.04. The predicted octanol–water partition coefficient (Wildman–Crippen LogP) is 5.95. The Balaban J connectivity index is 1.93. The van der Waals surface area contributed by atoms with Gasteiger partial charge in [0.15, 0.2) is 0 Å². The summed E-state index contributed by atoms with van der Waals surface area (Å²) in [5, 5.41) is 5.07. The van der Waals surface area contributed by atoms with Gasteiger partial charge in [0.1, 0.15) is 0 Å². The highest BCUT2D eigenvalue weighted by molar-refractivity contribution is 7.19. The maximum atomic E-state index is 3.69. The van der Waals surface area contributed by atoms with Crippen LogP contribution in [0.1, 0.15) is 35.9 Å². The van der Waals surface area contributed by atoms with E-state index in [0.29, 0.717) is 6.04 Å². The quantitative estimate of drug-likeness (QED) is 0.627. The van der Waals surface area contributed by atoms with Gasteiger partial charge in [-0.2, -0.15) is 0 Å². The molecule has 3 aromatic rings. The monoisotopic (exact) mass is 295 g/mol. The zero-order chi connectivity index (χ0) is 14.8. The number of benzene rings is 2. The molecule has 1 heterocycles. The molecule has 0 aliphatic heterocycles. The van der Waals surface area contributed by atoms with Crippen molar-refractivity contribution in [2.24, 2.45) is 0 Å². The Hall–Kier alpha value is -1.80. The summed E-state index contributed by atoms with van der Waals surface area (Å²) in [6.07, 6.45) is 1.06. The summed E-state index contributed by atoms with van der Waals surface area (Å²) in [4.78, 5) is 1.43. The van der Waals surface area contributed by atoms with Crippen LogP contribution in [-0.4, -0.2) is 0 Å². The molecule has 1 nitrogen and oxygen atoms in total. The maximum Gasteiger partial charge on any atom is 0.0581 e. The molecule has 0 aliphatic carbocycles. The Kier molecular flexibility index (Phi) is 3.98. The average Bonchev–Trinajstić information content (AvgIpc) is 2.85. The van der Waals surface area contributed by atoms with Crippen molar-refractivity contribution in [3.05, 3.63) is 64.5 Å². The van der Waals surface area contributed by atoms with Crippen LogP contribution in [0.2, 0.25) is 0 Å². The van der Waals surface area contributed by atoms with Crippen molar-refractivity contribution in [3.8, 4) is 0 Å². The third kappa shape index (κ3) is 2.68. The molecule has 0 bridgehead atoms. The first-order valence-electron chi connectivity index (χ1n) is 7.53. The Morgan fingerprint density at radius 3 is 2.52 bits per heavy atom. The first-order valence-corrected chi connectivity index (χ1v) is 8.34. The lowest BCUT2D eigenvalue weighted by Gasteiger charge is -2.17. The van der Waals surface area contributed by atoms with Crippen LogP contribution >= 0.6 is 11.3 Å². The van der Waals surface area contributed by atoms with E-state index in [1.165, 1.54) is 31.8 Å². The molecule has 1 unspecified atom stereocenters.